The molecule has 0 aliphatic rings. The molecule has 8 heteroatoms. The molecule has 1 aromatic heterocycles. The van der Waals surface area contributed by atoms with Crippen LogP contribution in [0.4, 0.5) is 5.82 Å². The highest BCUT2D eigenvalue weighted by Gasteiger charge is 2.28. The number of carbonyl (C=O) groups excluding carboxylic acids is 2. The summed E-state index contributed by atoms with van der Waals surface area (Å²) in [6.07, 6.45) is 0.261. The van der Waals surface area contributed by atoms with E-state index in [-0.39, 0.29) is 17.9 Å². The third-order valence-corrected chi connectivity index (χ3v) is 5.40. The number of rotatable bonds is 8. The highest BCUT2D eigenvalue weighted by molar-refractivity contribution is 9.10. The number of hydrogen-bond donors (Lipinski definition) is 1. The van der Waals surface area contributed by atoms with Gasteiger partial charge in [0.2, 0.25) is 5.78 Å². The van der Waals surface area contributed by atoms with E-state index in [2.05, 4.69) is 47.1 Å². The van der Waals surface area contributed by atoms with Gasteiger partial charge < -0.3 is 10.1 Å². The quantitative estimate of drug-likeness (QED) is 0.345. The first-order valence-corrected chi connectivity index (χ1v) is 9.70. The van der Waals surface area contributed by atoms with Crippen molar-refractivity contribution in [2.45, 2.75) is 31.6 Å². The number of hydrogen-bond acceptors (Lipinski definition) is 6. The molecular weight excluding hydrogens is 466 g/mol. The van der Waals surface area contributed by atoms with Crippen LogP contribution in [0.25, 0.3) is 0 Å². The van der Waals surface area contributed by atoms with Crippen LogP contribution in [0.15, 0.2) is 28.9 Å². The Kier molecular flexibility index (Phi) is 7.28. The van der Waals surface area contributed by atoms with E-state index in [1.807, 2.05) is 24.3 Å². The van der Waals surface area contributed by atoms with Crippen LogP contribution in [0.1, 0.15) is 35.1 Å². The SMILES string of the molecule is CCC(=O)C(Br)C(=O)c1nc(Br)c(C)nc1NCc1ccc(OC)cc1. The number of ketones is 2. The summed E-state index contributed by atoms with van der Waals surface area (Å²) in [5.41, 5.74) is 1.76. The fourth-order valence-electron chi connectivity index (χ4n) is 2.17. The molecule has 0 aliphatic carbocycles. The number of ether oxygens (including phenoxy) is 1. The molecule has 0 fully saturated rings. The predicted molar refractivity (Wildman–Crippen MR) is 107 cm³/mol. The second-order valence-corrected chi connectivity index (χ2v) is 7.21. The van der Waals surface area contributed by atoms with Crippen molar-refractivity contribution >= 4 is 49.2 Å². The Hall–Kier alpha value is -1.80. The first-order chi connectivity index (χ1) is 12.4. The summed E-state index contributed by atoms with van der Waals surface area (Å²) >= 11 is 6.47. The van der Waals surface area contributed by atoms with Crippen molar-refractivity contribution in [2.24, 2.45) is 0 Å². The average molecular weight is 485 g/mol. The Morgan fingerprint density at radius 3 is 2.46 bits per heavy atom. The van der Waals surface area contributed by atoms with E-state index < -0.39 is 10.6 Å². The van der Waals surface area contributed by atoms with Crippen LogP contribution in [0, 0.1) is 6.92 Å². The van der Waals surface area contributed by atoms with E-state index in [0.717, 1.165) is 11.3 Å². The molecule has 0 spiro atoms. The van der Waals surface area contributed by atoms with E-state index >= 15 is 0 Å². The molecular formula is C18H19Br2N3O3. The number of methoxy groups -OCH3 is 1. The normalized spacial score (nSPS) is 11.7. The van der Waals surface area contributed by atoms with Crippen LogP contribution in [0.2, 0.25) is 0 Å². The van der Waals surface area contributed by atoms with Crippen LogP contribution >= 0.6 is 31.9 Å². The third kappa shape index (κ3) is 4.88. The Balaban J connectivity index is 2.27. The maximum absolute atomic E-state index is 12.7. The van der Waals surface area contributed by atoms with Gasteiger partial charge >= 0.3 is 0 Å². The van der Waals surface area contributed by atoms with Crippen LogP contribution in [-0.2, 0) is 11.3 Å². The first kappa shape index (κ1) is 20.5. The van der Waals surface area contributed by atoms with Gasteiger partial charge in [0.15, 0.2) is 17.3 Å². The van der Waals surface area contributed by atoms with Crippen LogP contribution < -0.4 is 10.1 Å². The zero-order valence-electron chi connectivity index (χ0n) is 14.7. The molecule has 0 aliphatic heterocycles. The minimum absolute atomic E-state index is 0.125. The molecule has 138 valence electrons. The Labute approximate surface area is 169 Å². The van der Waals surface area contributed by atoms with Crippen LogP contribution in [0.3, 0.4) is 0 Å². The van der Waals surface area contributed by atoms with Gasteiger partial charge in [-0.15, -0.1) is 0 Å². The minimum Gasteiger partial charge on any atom is -0.497 e. The van der Waals surface area contributed by atoms with E-state index in [0.29, 0.717) is 22.7 Å². The Bertz CT molecular complexity index is 810. The summed E-state index contributed by atoms with van der Waals surface area (Å²) in [6.45, 7) is 3.95. The molecule has 1 aromatic carbocycles. The average Bonchev–Trinajstić information content (AvgIpc) is 2.67. The number of alkyl halides is 1. The van der Waals surface area contributed by atoms with Gasteiger partial charge in [0.25, 0.3) is 0 Å². The fourth-order valence-corrected chi connectivity index (χ4v) is 2.98. The van der Waals surface area contributed by atoms with Gasteiger partial charge in [0.1, 0.15) is 15.2 Å². The molecule has 0 radical (unpaired) electrons. The smallest absolute Gasteiger partial charge is 0.206 e. The first-order valence-electron chi connectivity index (χ1n) is 7.99. The summed E-state index contributed by atoms with van der Waals surface area (Å²) in [5.74, 6) is 0.501. The van der Waals surface area contributed by atoms with Crippen molar-refractivity contribution in [1.82, 2.24) is 9.97 Å². The van der Waals surface area contributed by atoms with Gasteiger partial charge in [-0.2, -0.15) is 0 Å². The summed E-state index contributed by atoms with van der Waals surface area (Å²) in [5, 5.41) is 3.14. The lowest BCUT2D eigenvalue weighted by Crippen LogP contribution is -2.26. The van der Waals surface area contributed by atoms with E-state index in [1.165, 1.54) is 0 Å². The minimum atomic E-state index is -0.932. The second kappa shape index (κ2) is 9.23. The number of Topliss-reactive ketones (excluding diaryl/α,β-unsaturated/α-hetero) is 2. The van der Waals surface area contributed by atoms with Gasteiger partial charge in [-0.25, -0.2) is 9.97 Å². The zero-order chi connectivity index (χ0) is 19.3. The second-order valence-electron chi connectivity index (χ2n) is 5.55. The number of nitrogens with one attached hydrogen (secondary N) is 1. The summed E-state index contributed by atoms with van der Waals surface area (Å²) in [4.78, 5) is 32.3. The summed E-state index contributed by atoms with van der Waals surface area (Å²) in [6, 6.07) is 7.55. The zero-order valence-corrected chi connectivity index (χ0v) is 17.8. The molecule has 2 rings (SSSR count). The van der Waals surface area contributed by atoms with Crippen molar-refractivity contribution in [3.8, 4) is 5.75 Å². The van der Waals surface area contributed by atoms with Crippen molar-refractivity contribution in [3.63, 3.8) is 0 Å². The standard InChI is InChI=1S/C18H19Br2N3O3/c1-4-13(24)14(19)16(25)15-18(22-10(2)17(20)23-15)21-9-11-5-7-12(26-3)8-6-11/h5-8,14H,4,9H2,1-3H3,(H,21,22). The van der Waals surface area contributed by atoms with E-state index in [4.69, 9.17) is 4.74 Å². The monoisotopic (exact) mass is 483 g/mol. The van der Waals surface area contributed by atoms with Crippen molar-refractivity contribution in [3.05, 3.63) is 45.8 Å². The Morgan fingerprint density at radius 1 is 1.23 bits per heavy atom. The summed E-state index contributed by atoms with van der Waals surface area (Å²) in [7, 11) is 1.61. The number of carbonyl (C=O) groups is 2. The number of anilines is 1. The van der Waals surface area contributed by atoms with Gasteiger partial charge in [-0.05, 0) is 40.5 Å². The van der Waals surface area contributed by atoms with Crippen molar-refractivity contribution < 1.29 is 14.3 Å². The van der Waals surface area contributed by atoms with Gasteiger partial charge in [0.05, 0.1) is 12.8 Å². The molecule has 1 atom stereocenters. The summed E-state index contributed by atoms with van der Waals surface area (Å²) < 4.78 is 5.61. The molecule has 6 nitrogen and oxygen atoms in total. The van der Waals surface area contributed by atoms with Crippen LogP contribution in [-0.4, -0.2) is 33.5 Å². The van der Waals surface area contributed by atoms with E-state index in [1.54, 1.807) is 21.0 Å². The lowest BCUT2D eigenvalue weighted by Gasteiger charge is -2.13. The highest BCUT2D eigenvalue weighted by Crippen LogP contribution is 2.23. The van der Waals surface area contributed by atoms with Crippen LogP contribution in [0.5, 0.6) is 5.75 Å². The molecule has 0 amide bonds. The molecule has 0 saturated carbocycles. The largest absolute Gasteiger partial charge is 0.497 e. The topological polar surface area (TPSA) is 81.2 Å². The molecule has 2 aromatic rings. The number of aromatic nitrogens is 2. The number of halogens is 2. The van der Waals surface area contributed by atoms with Gasteiger partial charge in [-0.3, -0.25) is 9.59 Å². The third-order valence-electron chi connectivity index (χ3n) is 3.73. The molecule has 1 N–H and O–H groups in total. The molecule has 0 saturated heterocycles. The van der Waals surface area contributed by atoms with Crippen molar-refractivity contribution in [1.29, 1.82) is 0 Å². The van der Waals surface area contributed by atoms with Crippen molar-refractivity contribution in [2.75, 3.05) is 12.4 Å². The number of benzene rings is 1. The van der Waals surface area contributed by atoms with Gasteiger partial charge in [0, 0.05) is 13.0 Å². The Morgan fingerprint density at radius 2 is 1.88 bits per heavy atom. The number of aryl methyl sites for hydroxylation is 1. The van der Waals surface area contributed by atoms with E-state index in [9.17, 15) is 9.59 Å². The highest BCUT2D eigenvalue weighted by atomic mass is 79.9. The predicted octanol–water partition coefficient (Wildman–Crippen LogP) is 4.09. The lowest BCUT2D eigenvalue weighted by molar-refractivity contribution is -0.117. The van der Waals surface area contributed by atoms with Gasteiger partial charge in [-0.1, -0.05) is 35.0 Å². The maximum atomic E-state index is 12.7. The lowest BCUT2D eigenvalue weighted by atomic mass is 10.1. The number of nitrogens with zero attached hydrogens (tertiary/aromatic N) is 2. The molecule has 0 bridgehead atoms. The molecule has 1 unspecified atom stereocenters. The fraction of sp³-hybridized carbons (Fsp3) is 0.333. The molecule has 1 heterocycles. The molecule has 26 heavy (non-hydrogen) atoms. The maximum Gasteiger partial charge on any atom is 0.206 e.